The molecule has 1 heteroatoms. The van der Waals surface area contributed by atoms with Crippen LogP contribution in [-0.4, -0.2) is 5.78 Å². The standard InChI is InChI=1S/C9H12O/c1-3-5-6-7-8-9(10)4-2/h2-3H,1,5-8H2. The molecule has 54 valence electrons. The van der Waals surface area contributed by atoms with E-state index in [1.165, 1.54) is 0 Å². The molecule has 0 saturated carbocycles. The average molecular weight is 136 g/mol. The lowest BCUT2D eigenvalue weighted by Crippen LogP contribution is -1.91. The van der Waals surface area contributed by atoms with Crippen LogP contribution in [0.2, 0.25) is 0 Å². The van der Waals surface area contributed by atoms with Crippen molar-refractivity contribution in [3.63, 3.8) is 0 Å². The van der Waals surface area contributed by atoms with Gasteiger partial charge in [-0.25, -0.2) is 0 Å². The van der Waals surface area contributed by atoms with Crippen LogP contribution in [0.3, 0.4) is 0 Å². The molecule has 1 nitrogen and oxygen atoms in total. The number of ketones is 1. The smallest absolute Gasteiger partial charge is 0.205 e. The van der Waals surface area contributed by atoms with Crippen molar-refractivity contribution in [3.05, 3.63) is 12.7 Å². The van der Waals surface area contributed by atoms with Crippen LogP contribution < -0.4 is 0 Å². The van der Waals surface area contributed by atoms with Gasteiger partial charge in [-0.15, -0.1) is 13.0 Å². The van der Waals surface area contributed by atoms with Crippen LogP contribution in [0.4, 0.5) is 0 Å². The van der Waals surface area contributed by atoms with Gasteiger partial charge in [-0.2, -0.15) is 0 Å². The molecule has 0 N–H and O–H groups in total. The number of unbranched alkanes of at least 4 members (excludes halogenated alkanes) is 2. The van der Waals surface area contributed by atoms with Crippen LogP contribution >= 0.6 is 0 Å². The zero-order chi connectivity index (χ0) is 7.82. The van der Waals surface area contributed by atoms with E-state index in [2.05, 4.69) is 12.5 Å². The highest BCUT2D eigenvalue weighted by atomic mass is 16.1. The fraction of sp³-hybridized carbons (Fsp3) is 0.444. The van der Waals surface area contributed by atoms with E-state index in [0.717, 1.165) is 19.3 Å². The van der Waals surface area contributed by atoms with E-state index in [9.17, 15) is 4.79 Å². The van der Waals surface area contributed by atoms with Gasteiger partial charge in [0.2, 0.25) is 5.78 Å². The fourth-order valence-corrected chi connectivity index (χ4v) is 0.646. The van der Waals surface area contributed by atoms with Crippen LogP contribution in [0.15, 0.2) is 12.7 Å². The third kappa shape index (κ3) is 5.11. The molecule has 0 aliphatic heterocycles. The van der Waals surface area contributed by atoms with Gasteiger partial charge in [-0.1, -0.05) is 6.08 Å². The molecule has 10 heavy (non-hydrogen) atoms. The van der Waals surface area contributed by atoms with Crippen molar-refractivity contribution in [2.45, 2.75) is 25.7 Å². The van der Waals surface area contributed by atoms with Crippen LogP contribution in [0.25, 0.3) is 0 Å². The van der Waals surface area contributed by atoms with Crippen molar-refractivity contribution >= 4 is 5.78 Å². The summed E-state index contributed by atoms with van der Waals surface area (Å²) in [7, 11) is 0. The van der Waals surface area contributed by atoms with E-state index in [1.807, 2.05) is 6.08 Å². The normalized spacial score (nSPS) is 8.30. The predicted octanol–water partition coefficient (Wildman–Crippen LogP) is 1.94. The molecule has 0 fully saturated rings. The quantitative estimate of drug-likeness (QED) is 0.244. The Hall–Kier alpha value is -1.03. The molecule has 0 bridgehead atoms. The van der Waals surface area contributed by atoms with Gasteiger partial charge in [-0.3, -0.25) is 4.79 Å². The first kappa shape index (κ1) is 8.97. The van der Waals surface area contributed by atoms with Gasteiger partial charge < -0.3 is 0 Å². The monoisotopic (exact) mass is 136 g/mol. The summed E-state index contributed by atoms with van der Waals surface area (Å²) in [6, 6.07) is 0. The summed E-state index contributed by atoms with van der Waals surface area (Å²) in [6.07, 6.45) is 10.1. The number of Topliss-reactive ketones (excluding diaryl/α,β-unsaturated/α-hetero) is 1. The third-order valence-corrected chi connectivity index (χ3v) is 1.22. The highest BCUT2D eigenvalue weighted by molar-refractivity contribution is 5.94. The number of rotatable bonds is 5. The third-order valence-electron chi connectivity index (χ3n) is 1.22. The zero-order valence-corrected chi connectivity index (χ0v) is 6.10. The Balaban J connectivity index is 3.13. The van der Waals surface area contributed by atoms with Crippen LogP contribution in [0.1, 0.15) is 25.7 Å². The number of carbonyl (C=O) groups excluding carboxylic acids is 1. The number of carbonyl (C=O) groups is 1. The summed E-state index contributed by atoms with van der Waals surface area (Å²) >= 11 is 0. The Morgan fingerprint density at radius 1 is 1.60 bits per heavy atom. The van der Waals surface area contributed by atoms with Crippen molar-refractivity contribution < 1.29 is 4.79 Å². The van der Waals surface area contributed by atoms with Crippen LogP contribution in [-0.2, 0) is 4.79 Å². The van der Waals surface area contributed by atoms with Gasteiger partial charge in [0, 0.05) is 6.42 Å². The molecule has 0 atom stereocenters. The topological polar surface area (TPSA) is 17.1 Å². The Kier molecular flexibility index (Phi) is 5.47. The highest BCUT2D eigenvalue weighted by Gasteiger charge is 1.93. The summed E-state index contributed by atoms with van der Waals surface area (Å²) in [6.45, 7) is 3.57. The number of allylic oxidation sites excluding steroid dienone is 1. The van der Waals surface area contributed by atoms with E-state index in [0.29, 0.717) is 6.42 Å². The molecule has 0 heterocycles. The molecule has 0 radical (unpaired) electrons. The number of hydrogen-bond acceptors (Lipinski definition) is 1. The summed E-state index contributed by atoms with van der Waals surface area (Å²) in [5.41, 5.74) is 0. The van der Waals surface area contributed by atoms with Gasteiger partial charge in [0.25, 0.3) is 0 Å². The lowest BCUT2D eigenvalue weighted by Gasteiger charge is -1.91. The van der Waals surface area contributed by atoms with Crippen molar-refractivity contribution in [1.82, 2.24) is 0 Å². The summed E-state index contributed by atoms with van der Waals surface area (Å²) in [5.74, 6) is 1.98. The number of terminal acetylenes is 1. The second kappa shape index (κ2) is 6.10. The van der Waals surface area contributed by atoms with Gasteiger partial charge >= 0.3 is 0 Å². The minimum absolute atomic E-state index is 0.0935. The highest BCUT2D eigenvalue weighted by Crippen LogP contribution is 1.99. The SMILES string of the molecule is C#CC(=O)CCCCC=C. The molecule has 0 spiro atoms. The average Bonchev–Trinajstić information content (AvgIpc) is 1.98. The van der Waals surface area contributed by atoms with Crippen LogP contribution in [0.5, 0.6) is 0 Å². The molecular weight excluding hydrogens is 124 g/mol. The van der Waals surface area contributed by atoms with Crippen molar-refractivity contribution in [1.29, 1.82) is 0 Å². The van der Waals surface area contributed by atoms with Gasteiger partial charge in [0.15, 0.2) is 0 Å². The molecule has 0 saturated heterocycles. The van der Waals surface area contributed by atoms with E-state index in [4.69, 9.17) is 6.42 Å². The van der Waals surface area contributed by atoms with Crippen LogP contribution in [0, 0.1) is 12.3 Å². The van der Waals surface area contributed by atoms with Gasteiger partial charge in [0.1, 0.15) is 0 Å². The second-order valence-electron chi connectivity index (χ2n) is 2.10. The van der Waals surface area contributed by atoms with Gasteiger partial charge in [-0.05, 0) is 25.2 Å². The minimum atomic E-state index is -0.0935. The molecule has 0 aromatic carbocycles. The van der Waals surface area contributed by atoms with Crippen molar-refractivity contribution in [2.24, 2.45) is 0 Å². The Morgan fingerprint density at radius 3 is 2.80 bits per heavy atom. The first-order valence-corrected chi connectivity index (χ1v) is 3.41. The molecule has 0 aliphatic carbocycles. The molecule has 0 amide bonds. The maximum atomic E-state index is 10.5. The predicted molar refractivity (Wildman–Crippen MR) is 42.5 cm³/mol. The zero-order valence-electron chi connectivity index (χ0n) is 6.10. The Bertz CT molecular complexity index is 151. The second-order valence-corrected chi connectivity index (χ2v) is 2.10. The Morgan fingerprint density at radius 2 is 2.30 bits per heavy atom. The fourth-order valence-electron chi connectivity index (χ4n) is 0.646. The largest absolute Gasteiger partial charge is 0.285 e. The molecule has 0 aromatic rings. The lowest BCUT2D eigenvalue weighted by atomic mass is 10.1. The minimum Gasteiger partial charge on any atom is -0.285 e. The van der Waals surface area contributed by atoms with E-state index in [-0.39, 0.29) is 5.78 Å². The number of hydrogen-bond donors (Lipinski definition) is 0. The van der Waals surface area contributed by atoms with Crippen molar-refractivity contribution in [2.75, 3.05) is 0 Å². The molecular formula is C9H12O. The van der Waals surface area contributed by atoms with Gasteiger partial charge in [0.05, 0.1) is 0 Å². The van der Waals surface area contributed by atoms with E-state index in [1.54, 1.807) is 0 Å². The molecule has 0 aromatic heterocycles. The maximum absolute atomic E-state index is 10.5. The Labute approximate surface area is 62.1 Å². The van der Waals surface area contributed by atoms with E-state index < -0.39 is 0 Å². The summed E-state index contributed by atoms with van der Waals surface area (Å²) in [5, 5.41) is 0. The summed E-state index contributed by atoms with van der Waals surface area (Å²) < 4.78 is 0. The lowest BCUT2D eigenvalue weighted by molar-refractivity contribution is -0.113. The first-order valence-electron chi connectivity index (χ1n) is 3.41. The molecule has 0 unspecified atom stereocenters. The first-order chi connectivity index (χ1) is 4.81. The van der Waals surface area contributed by atoms with Crippen molar-refractivity contribution in [3.8, 4) is 12.3 Å². The molecule has 0 rings (SSSR count). The molecule has 0 aliphatic rings. The maximum Gasteiger partial charge on any atom is 0.205 e. The van der Waals surface area contributed by atoms with E-state index >= 15 is 0 Å². The summed E-state index contributed by atoms with van der Waals surface area (Å²) in [4.78, 5) is 10.5.